The molecule has 0 unspecified atom stereocenters. The Bertz CT molecular complexity index is 486. The zero-order chi connectivity index (χ0) is 15.1. The summed E-state index contributed by atoms with van der Waals surface area (Å²) < 4.78 is 0. The molecule has 0 radical (unpaired) electrons. The number of carbonyl (C=O) groups excluding carboxylic acids is 1. The van der Waals surface area contributed by atoms with Crippen LogP contribution in [0.1, 0.15) is 50.5 Å². The highest BCUT2D eigenvalue weighted by Gasteiger charge is 2.60. The van der Waals surface area contributed by atoms with E-state index in [9.17, 15) is 4.79 Å². The molecule has 0 aromatic heterocycles. The number of nitrogens with two attached hydrogens (primary N) is 1. The Balaban J connectivity index is 2.11. The predicted molar refractivity (Wildman–Crippen MR) is 82.6 cm³/mol. The van der Waals surface area contributed by atoms with Gasteiger partial charge >= 0.3 is 0 Å². The number of aryl methyl sites for hydroxylation is 1. The number of carbonyl (C=O) groups is 1. The number of rotatable bonds is 3. The SMILES string of the molecule is CCc1ccc(C(=O)NC2C(C)(C)C(N)C2(C)C)cc1. The standard InChI is InChI=1S/C17H26N2O/c1-6-11-7-9-12(10-8-11)13(20)19-15-16(2,3)14(18)17(15,4)5/h7-10,14-15H,6,18H2,1-5H3,(H,19,20). The summed E-state index contributed by atoms with van der Waals surface area (Å²) in [6, 6.07) is 8.01. The van der Waals surface area contributed by atoms with E-state index in [1.807, 2.05) is 24.3 Å². The Labute approximate surface area is 121 Å². The van der Waals surface area contributed by atoms with Gasteiger partial charge in [-0.25, -0.2) is 0 Å². The molecule has 1 amide bonds. The van der Waals surface area contributed by atoms with E-state index in [4.69, 9.17) is 5.73 Å². The van der Waals surface area contributed by atoms with Crippen molar-refractivity contribution < 1.29 is 4.79 Å². The highest BCUT2D eigenvalue weighted by molar-refractivity contribution is 5.94. The lowest BCUT2D eigenvalue weighted by molar-refractivity contribution is -0.0663. The summed E-state index contributed by atoms with van der Waals surface area (Å²) in [5, 5.41) is 3.16. The van der Waals surface area contributed by atoms with Crippen LogP contribution >= 0.6 is 0 Å². The van der Waals surface area contributed by atoms with Crippen LogP contribution in [0.25, 0.3) is 0 Å². The fourth-order valence-corrected chi connectivity index (χ4v) is 3.66. The van der Waals surface area contributed by atoms with Gasteiger partial charge in [-0.15, -0.1) is 0 Å². The molecule has 2 rings (SSSR count). The lowest BCUT2D eigenvalue weighted by Gasteiger charge is -2.62. The largest absolute Gasteiger partial charge is 0.348 e. The zero-order valence-electron chi connectivity index (χ0n) is 13.2. The van der Waals surface area contributed by atoms with Gasteiger partial charge in [-0.2, -0.15) is 0 Å². The molecule has 0 heterocycles. The van der Waals surface area contributed by atoms with E-state index in [2.05, 4.69) is 39.9 Å². The molecule has 1 aromatic rings. The second kappa shape index (κ2) is 4.88. The van der Waals surface area contributed by atoms with Gasteiger partial charge in [0, 0.05) is 28.5 Å². The average molecular weight is 274 g/mol. The molecule has 1 aliphatic carbocycles. The van der Waals surface area contributed by atoms with Crippen molar-refractivity contribution in [2.24, 2.45) is 16.6 Å². The summed E-state index contributed by atoms with van der Waals surface area (Å²) in [5.41, 5.74) is 8.05. The van der Waals surface area contributed by atoms with Gasteiger partial charge in [-0.3, -0.25) is 4.79 Å². The summed E-state index contributed by atoms with van der Waals surface area (Å²) in [6.07, 6.45) is 0.986. The molecule has 3 heteroatoms. The van der Waals surface area contributed by atoms with Crippen LogP contribution in [-0.4, -0.2) is 18.0 Å². The van der Waals surface area contributed by atoms with E-state index in [1.54, 1.807) is 0 Å². The normalized spacial score (nSPS) is 26.7. The van der Waals surface area contributed by atoms with E-state index in [1.165, 1.54) is 5.56 Å². The minimum absolute atomic E-state index is 0.00861. The van der Waals surface area contributed by atoms with Crippen molar-refractivity contribution in [3.05, 3.63) is 35.4 Å². The quantitative estimate of drug-likeness (QED) is 0.890. The van der Waals surface area contributed by atoms with Crippen LogP contribution in [0.5, 0.6) is 0 Å². The maximum absolute atomic E-state index is 12.4. The van der Waals surface area contributed by atoms with Crippen molar-refractivity contribution in [2.75, 3.05) is 0 Å². The minimum atomic E-state index is -0.0669. The molecule has 0 spiro atoms. The van der Waals surface area contributed by atoms with E-state index in [0.717, 1.165) is 6.42 Å². The molecule has 0 aliphatic heterocycles. The number of hydrogen-bond acceptors (Lipinski definition) is 2. The number of nitrogens with one attached hydrogen (secondary N) is 1. The van der Waals surface area contributed by atoms with Crippen molar-refractivity contribution in [3.63, 3.8) is 0 Å². The number of hydrogen-bond donors (Lipinski definition) is 2. The molecule has 1 aromatic carbocycles. The van der Waals surface area contributed by atoms with Crippen molar-refractivity contribution in [1.29, 1.82) is 0 Å². The van der Waals surface area contributed by atoms with Gasteiger partial charge in [0.1, 0.15) is 0 Å². The molecule has 0 atom stereocenters. The van der Waals surface area contributed by atoms with Crippen LogP contribution in [0.15, 0.2) is 24.3 Å². The molecule has 0 saturated heterocycles. The minimum Gasteiger partial charge on any atom is -0.348 e. The third kappa shape index (κ3) is 2.24. The van der Waals surface area contributed by atoms with Crippen LogP contribution in [0.3, 0.4) is 0 Å². The Kier molecular flexibility index (Phi) is 3.67. The monoisotopic (exact) mass is 274 g/mol. The van der Waals surface area contributed by atoms with Gasteiger partial charge in [0.15, 0.2) is 0 Å². The van der Waals surface area contributed by atoms with Crippen molar-refractivity contribution in [1.82, 2.24) is 5.32 Å². The van der Waals surface area contributed by atoms with E-state index in [0.29, 0.717) is 5.56 Å². The third-order valence-electron chi connectivity index (χ3n) is 4.99. The molecule has 20 heavy (non-hydrogen) atoms. The summed E-state index contributed by atoms with van der Waals surface area (Å²) in [5.74, 6) is -0.00861. The van der Waals surface area contributed by atoms with Gasteiger partial charge in [0.2, 0.25) is 0 Å². The van der Waals surface area contributed by atoms with E-state index in [-0.39, 0.29) is 28.8 Å². The molecular weight excluding hydrogens is 248 g/mol. The van der Waals surface area contributed by atoms with E-state index >= 15 is 0 Å². The maximum atomic E-state index is 12.4. The molecule has 0 bridgehead atoms. The molecule has 1 fully saturated rings. The van der Waals surface area contributed by atoms with Gasteiger partial charge < -0.3 is 11.1 Å². The zero-order valence-corrected chi connectivity index (χ0v) is 13.2. The first-order valence-electron chi connectivity index (χ1n) is 7.36. The lowest BCUT2D eigenvalue weighted by atomic mass is 9.48. The van der Waals surface area contributed by atoms with Crippen molar-refractivity contribution in [3.8, 4) is 0 Å². The summed E-state index contributed by atoms with van der Waals surface area (Å²) in [6.45, 7) is 10.6. The highest BCUT2D eigenvalue weighted by Crippen LogP contribution is 2.52. The second-order valence-corrected chi connectivity index (χ2v) is 7.08. The fourth-order valence-electron chi connectivity index (χ4n) is 3.66. The third-order valence-corrected chi connectivity index (χ3v) is 4.99. The van der Waals surface area contributed by atoms with Crippen LogP contribution < -0.4 is 11.1 Å². The molecule has 110 valence electrons. The summed E-state index contributed by atoms with van der Waals surface area (Å²) in [4.78, 5) is 12.4. The topological polar surface area (TPSA) is 55.1 Å². The van der Waals surface area contributed by atoms with Crippen LogP contribution in [-0.2, 0) is 6.42 Å². The molecule has 1 aliphatic rings. The van der Waals surface area contributed by atoms with Crippen LogP contribution in [0.4, 0.5) is 0 Å². The fraction of sp³-hybridized carbons (Fsp3) is 0.588. The first-order valence-corrected chi connectivity index (χ1v) is 7.36. The van der Waals surface area contributed by atoms with Gasteiger partial charge in [0.25, 0.3) is 5.91 Å². The van der Waals surface area contributed by atoms with Crippen molar-refractivity contribution >= 4 is 5.91 Å². The lowest BCUT2D eigenvalue weighted by Crippen LogP contribution is -2.76. The predicted octanol–water partition coefficient (Wildman–Crippen LogP) is 2.74. The first-order chi connectivity index (χ1) is 9.21. The Morgan fingerprint density at radius 1 is 1.15 bits per heavy atom. The molecular formula is C17H26N2O. The average Bonchev–Trinajstić information content (AvgIpc) is 2.43. The first kappa shape index (κ1) is 15.0. The Morgan fingerprint density at radius 2 is 1.65 bits per heavy atom. The second-order valence-electron chi connectivity index (χ2n) is 7.08. The molecule has 1 saturated carbocycles. The number of amides is 1. The maximum Gasteiger partial charge on any atom is 0.251 e. The summed E-state index contributed by atoms with van der Waals surface area (Å²) >= 11 is 0. The van der Waals surface area contributed by atoms with Crippen molar-refractivity contribution in [2.45, 2.75) is 53.1 Å². The smallest absolute Gasteiger partial charge is 0.251 e. The molecule has 3 nitrogen and oxygen atoms in total. The highest BCUT2D eigenvalue weighted by atomic mass is 16.1. The van der Waals surface area contributed by atoms with E-state index < -0.39 is 0 Å². The van der Waals surface area contributed by atoms with Crippen LogP contribution in [0.2, 0.25) is 0 Å². The van der Waals surface area contributed by atoms with Gasteiger partial charge in [0.05, 0.1) is 0 Å². The molecule has 3 N–H and O–H groups in total. The van der Waals surface area contributed by atoms with Gasteiger partial charge in [-0.1, -0.05) is 46.8 Å². The Morgan fingerprint density at radius 3 is 2.10 bits per heavy atom. The number of benzene rings is 1. The van der Waals surface area contributed by atoms with Crippen LogP contribution in [0, 0.1) is 10.8 Å². The Hall–Kier alpha value is -1.35. The van der Waals surface area contributed by atoms with Gasteiger partial charge in [-0.05, 0) is 24.1 Å². The summed E-state index contributed by atoms with van der Waals surface area (Å²) in [7, 11) is 0.